The Labute approximate surface area is 137 Å². The van der Waals surface area contributed by atoms with Gasteiger partial charge in [-0.15, -0.1) is 12.4 Å². The van der Waals surface area contributed by atoms with E-state index in [9.17, 15) is 18.0 Å². The average Bonchev–Trinajstić information content (AvgIpc) is 2.80. The maximum absolute atomic E-state index is 13.3. The molecule has 3 nitrogen and oxygen atoms in total. The molecule has 2 N–H and O–H groups in total. The van der Waals surface area contributed by atoms with E-state index in [1.165, 1.54) is 17.8 Å². The third kappa shape index (κ3) is 5.70. The van der Waals surface area contributed by atoms with Crippen molar-refractivity contribution in [3.05, 3.63) is 35.6 Å². The average molecular weight is 355 g/mol. The van der Waals surface area contributed by atoms with Crippen molar-refractivity contribution in [1.82, 2.24) is 10.6 Å². The minimum absolute atomic E-state index is 0. The van der Waals surface area contributed by atoms with E-state index < -0.39 is 30.8 Å². The molecular weight excluding hydrogens is 337 g/mol. The Morgan fingerprint density at radius 1 is 1.41 bits per heavy atom. The molecule has 1 heterocycles. The van der Waals surface area contributed by atoms with Gasteiger partial charge < -0.3 is 5.32 Å². The first-order valence-electron chi connectivity index (χ1n) is 6.68. The van der Waals surface area contributed by atoms with E-state index in [1.54, 1.807) is 18.2 Å². The van der Waals surface area contributed by atoms with Crippen LogP contribution in [0, 0.1) is 5.82 Å². The van der Waals surface area contributed by atoms with Crippen molar-refractivity contribution in [2.75, 3.05) is 18.8 Å². The van der Waals surface area contributed by atoms with Gasteiger partial charge in [0.1, 0.15) is 5.82 Å². The maximum atomic E-state index is 13.3. The van der Waals surface area contributed by atoms with Crippen molar-refractivity contribution >= 4 is 30.1 Å². The van der Waals surface area contributed by atoms with Crippen LogP contribution in [0.2, 0.25) is 0 Å². The number of thioether (sulfide) groups is 1. The highest BCUT2D eigenvalue weighted by atomic mass is 35.5. The molecular formula is C14H18ClF3N2OS. The van der Waals surface area contributed by atoms with Crippen molar-refractivity contribution in [3.8, 4) is 0 Å². The normalized spacial score (nSPS) is 19.5. The van der Waals surface area contributed by atoms with Gasteiger partial charge in [0.2, 0.25) is 5.91 Å². The molecule has 1 unspecified atom stereocenters. The molecule has 1 aliphatic rings. The van der Waals surface area contributed by atoms with Crippen LogP contribution in [0.1, 0.15) is 12.0 Å². The van der Waals surface area contributed by atoms with Crippen LogP contribution in [-0.4, -0.2) is 36.7 Å². The van der Waals surface area contributed by atoms with Crippen LogP contribution in [0.4, 0.5) is 13.2 Å². The molecule has 1 aromatic carbocycles. The molecule has 0 aliphatic carbocycles. The molecule has 0 aromatic heterocycles. The summed E-state index contributed by atoms with van der Waals surface area (Å²) in [6, 6.07) is 5.70. The predicted octanol–water partition coefficient (Wildman–Crippen LogP) is 2.59. The molecule has 1 atom stereocenters. The van der Waals surface area contributed by atoms with Crippen LogP contribution in [0.15, 0.2) is 24.3 Å². The Balaban J connectivity index is 0.00000242. The summed E-state index contributed by atoms with van der Waals surface area (Å²) in [5.41, 5.74) is 0.617. The summed E-state index contributed by atoms with van der Waals surface area (Å²) in [7, 11) is 0. The van der Waals surface area contributed by atoms with E-state index in [-0.39, 0.29) is 18.2 Å². The summed E-state index contributed by atoms with van der Waals surface area (Å²) in [5.74, 6) is -2.34. The third-order valence-electron chi connectivity index (χ3n) is 3.19. The second kappa shape index (κ2) is 8.64. The molecule has 1 saturated heterocycles. The fourth-order valence-corrected chi connectivity index (χ4v) is 2.91. The lowest BCUT2D eigenvalue weighted by atomic mass is 10.2. The molecule has 1 amide bonds. The molecule has 1 fully saturated rings. The van der Waals surface area contributed by atoms with Gasteiger partial charge in [-0.3, -0.25) is 10.1 Å². The standard InChI is InChI=1S/C14H17F3N2OS.ClH/c15-11-4-2-1-3-10(11)8-21-6-5-18-13(20)12-7-14(16,17)9-19-12;/h1-4,12,19H,5-9H2,(H,18,20);1H. The van der Waals surface area contributed by atoms with Crippen LogP contribution in [-0.2, 0) is 10.5 Å². The molecule has 1 aromatic rings. The lowest BCUT2D eigenvalue weighted by molar-refractivity contribution is -0.123. The molecule has 0 spiro atoms. The largest absolute Gasteiger partial charge is 0.354 e. The minimum atomic E-state index is -2.80. The number of halogens is 4. The van der Waals surface area contributed by atoms with Gasteiger partial charge in [0.15, 0.2) is 0 Å². The zero-order valence-corrected chi connectivity index (χ0v) is 13.4. The van der Waals surface area contributed by atoms with Crippen molar-refractivity contribution in [1.29, 1.82) is 0 Å². The number of carbonyl (C=O) groups is 1. The second-order valence-corrected chi connectivity index (χ2v) is 6.03. The van der Waals surface area contributed by atoms with Crippen LogP contribution in [0.5, 0.6) is 0 Å². The van der Waals surface area contributed by atoms with E-state index in [2.05, 4.69) is 10.6 Å². The highest BCUT2D eigenvalue weighted by Crippen LogP contribution is 2.25. The Morgan fingerprint density at radius 2 is 2.14 bits per heavy atom. The van der Waals surface area contributed by atoms with Gasteiger partial charge in [0.25, 0.3) is 5.92 Å². The number of alkyl halides is 2. The Morgan fingerprint density at radius 3 is 2.77 bits per heavy atom. The quantitative estimate of drug-likeness (QED) is 0.772. The zero-order chi connectivity index (χ0) is 15.3. The Bertz CT molecular complexity index is 505. The topological polar surface area (TPSA) is 41.1 Å². The summed E-state index contributed by atoms with van der Waals surface area (Å²) in [5, 5.41) is 5.12. The number of hydrogen-bond acceptors (Lipinski definition) is 3. The summed E-state index contributed by atoms with van der Waals surface area (Å²) < 4.78 is 39.2. The van der Waals surface area contributed by atoms with Crippen molar-refractivity contribution in [2.24, 2.45) is 0 Å². The van der Waals surface area contributed by atoms with Gasteiger partial charge in [0.05, 0.1) is 12.6 Å². The highest BCUT2D eigenvalue weighted by Gasteiger charge is 2.42. The molecule has 8 heteroatoms. The Kier molecular flexibility index (Phi) is 7.52. The van der Waals surface area contributed by atoms with Gasteiger partial charge in [-0.05, 0) is 11.6 Å². The van der Waals surface area contributed by atoms with E-state index in [4.69, 9.17) is 0 Å². The maximum Gasteiger partial charge on any atom is 0.262 e. The molecule has 0 radical (unpaired) electrons. The van der Waals surface area contributed by atoms with Gasteiger partial charge in [0, 0.05) is 24.5 Å². The SMILES string of the molecule is Cl.O=C(NCCSCc1ccccc1F)C1CC(F)(F)CN1. The second-order valence-electron chi connectivity index (χ2n) is 4.93. The van der Waals surface area contributed by atoms with Crippen LogP contribution in [0.25, 0.3) is 0 Å². The lowest BCUT2D eigenvalue weighted by Crippen LogP contribution is -2.41. The van der Waals surface area contributed by atoms with Gasteiger partial charge in [-0.2, -0.15) is 11.8 Å². The van der Waals surface area contributed by atoms with Gasteiger partial charge in [-0.1, -0.05) is 18.2 Å². The number of benzene rings is 1. The van der Waals surface area contributed by atoms with Crippen molar-refractivity contribution < 1.29 is 18.0 Å². The first-order chi connectivity index (χ1) is 9.98. The van der Waals surface area contributed by atoms with Gasteiger partial charge in [-0.25, -0.2) is 13.2 Å². The third-order valence-corrected chi connectivity index (χ3v) is 4.20. The molecule has 124 valence electrons. The Hall–Kier alpha value is -0.920. The van der Waals surface area contributed by atoms with Crippen LogP contribution in [0.3, 0.4) is 0 Å². The van der Waals surface area contributed by atoms with Gasteiger partial charge >= 0.3 is 0 Å². The predicted molar refractivity (Wildman–Crippen MR) is 84.2 cm³/mol. The fourth-order valence-electron chi connectivity index (χ4n) is 2.07. The monoisotopic (exact) mass is 354 g/mol. The number of carbonyl (C=O) groups excluding carboxylic acids is 1. The van der Waals surface area contributed by atoms with Crippen molar-refractivity contribution in [2.45, 2.75) is 24.1 Å². The number of rotatable bonds is 6. The smallest absolute Gasteiger partial charge is 0.262 e. The first kappa shape index (κ1) is 19.1. The molecule has 0 bridgehead atoms. The van der Waals surface area contributed by atoms with E-state index in [0.717, 1.165) is 0 Å². The molecule has 0 saturated carbocycles. The summed E-state index contributed by atoms with van der Waals surface area (Å²) in [4.78, 5) is 11.6. The minimum Gasteiger partial charge on any atom is -0.354 e. The zero-order valence-electron chi connectivity index (χ0n) is 11.8. The van der Waals surface area contributed by atoms with Crippen molar-refractivity contribution in [3.63, 3.8) is 0 Å². The van der Waals surface area contributed by atoms with E-state index in [1.807, 2.05) is 0 Å². The highest BCUT2D eigenvalue weighted by molar-refractivity contribution is 7.98. The molecule has 1 aliphatic heterocycles. The first-order valence-corrected chi connectivity index (χ1v) is 7.83. The number of hydrogen-bond donors (Lipinski definition) is 2. The number of amides is 1. The summed E-state index contributed by atoms with van der Waals surface area (Å²) in [6.07, 6.45) is -0.457. The summed E-state index contributed by atoms with van der Waals surface area (Å²) >= 11 is 1.48. The summed E-state index contributed by atoms with van der Waals surface area (Å²) in [6.45, 7) is -0.0746. The fraction of sp³-hybridized carbons (Fsp3) is 0.500. The molecule has 2 rings (SSSR count). The lowest BCUT2D eigenvalue weighted by Gasteiger charge is -2.11. The number of nitrogens with one attached hydrogen (secondary N) is 2. The van der Waals surface area contributed by atoms with Crippen LogP contribution < -0.4 is 10.6 Å². The van der Waals surface area contributed by atoms with Crippen LogP contribution >= 0.6 is 24.2 Å². The van der Waals surface area contributed by atoms with E-state index >= 15 is 0 Å². The van der Waals surface area contributed by atoms with E-state index in [0.29, 0.717) is 23.6 Å². The molecule has 22 heavy (non-hydrogen) atoms.